The average molecular weight is 772 g/mol. The first-order valence-electron chi connectivity index (χ1n) is 17.4. The summed E-state index contributed by atoms with van der Waals surface area (Å²) in [5, 5.41) is 15.5. The molecule has 9 nitrogen and oxygen atoms in total. The van der Waals surface area contributed by atoms with Gasteiger partial charge in [0.1, 0.15) is 28.0 Å². The number of aryl methyl sites for hydroxylation is 4. The van der Waals surface area contributed by atoms with E-state index in [1.54, 1.807) is 47.5 Å². The second-order valence-corrected chi connectivity index (χ2v) is 15.9. The summed E-state index contributed by atoms with van der Waals surface area (Å²) >= 11 is 9.47. The SMILES string of the molecule is COc1cc2sc(-c3cnc4ccc(Cl)nn34)cc2c(C)c1C.COc1cc2sc(-c3cnc4ccc(Nc5ccc(C)c(C)c5)nn34)cc2c(C)c1C. The molecule has 0 spiro atoms. The Kier molecular flexibility index (Phi) is 9.25. The number of thiophene rings is 2. The second-order valence-electron chi connectivity index (χ2n) is 13.3. The molecule has 0 aliphatic rings. The first-order chi connectivity index (χ1) is 26.0. The number of hydrogen-bond acceptors (Lipinski definition) is 9. The predicted octanol–water partition coefficient (Wildman–Crippen LogP) is 11.5. The molecule has 9 aromatic rings. The lowest BCUT2D eigenvalue weighted by atomic mass is 10.0. The Labute approximate surface area is 325 Å². The van der Waals surface area contributed by atoms with E-state index >= 15 is 0 Å². The van der Waals surface area contributed by atoms with Gasteiger partial charge in [0.05, 0.1) is 36.4 Å². The maximum Gasteiger partial charge on any atom is 0.154 e. The van der Waals surface area contributed by atoms with Crippen molar-refractivity contribution >= 4 is 77.2 Å². The molecular formula is C42H38ClN7O2S2. The lowest BCUT2D eigenvalue weighted by molar-refractivity contribution is 0.412. The van der Waals surface area contributed by atoms with E-state index in [2.05, 4.69) is 104 Å². The normalized spacial score (nSPS) is 11.4. The van der Waals surface area contributed by atoms with Crippen LogP contribution in [0.5, 0.6) is 11.5 Å². The Balaban J connectivity index is 0.000000160. The van der Waals surface area contributed by atoms with Crippen LogP contribution >= 0.6 is 34.3 Å². The van der Waals surface area contributed by atoms with Gasteiger partial charge in [-0.25, -0.2) is 19.0 Å². The Bertz CT molecular complexity index is 2890. The zero-order valence-corrected chi connectivity index (χ0v) is 33.6. The van der Waals surface area contributed by atoms with Crippen molar-refractivity contribution in [3.8, 4) is 32.6 Å². The number of anilines is 2. The van der Waals surface area contributed by atoms with Crippen LogP contribution in [0.15, 0.2) is 79.1 Å². The van der Waals surface area contributed by atoms with Gasteiger partial charge in [-0.2, -0.15) is 5.10 Å². The fraction of sp³-hybridized carbons (Fsp3) is 0.190. The fourth-order valence-corrected chi connectivity index (χ4v) is 9.04. The molecule has 0 radical (unpaired) electrons. The van der Waals surface area contributed by atoms with Gasteiger partial charge in [-0.3, -0.25) is 0 Å². The van der Waals surface area contributed by atoms with Crippen molar-refractivity contribution < 1.29 is 9.47 Å². The number of ether oxygens (including phenoxy) is 2. The molecule has 0 atom stereocenters. The van der Waals surface area contributed by atoms with E-state index in [0.29, 0.717) is 5.15 Å². The molecule has 0 saturated heterocycles. The Morgan fingerprint density at radius 2 is 1.13 bits per heavy atom. The average Bonchev–Trinajstić information content (AvgIpc) is 3.97. The van der Waals surface area contributed by atoms with Crippen LogP contribution in [-0.2, 0) is 0 Å². The number of fused-ring (bicyclic) bond motifs is 4. The van der Waals surface area contributed by atoms with Crippen LogP contribution in [0.4, 0.5) is 11.5 Å². The molecule has 54 heavy (non-hydrogen) atoms. The molecule has 0 amide bonds. The highest BCUT2D eigenvalue weighted by atomic mass is 35.5. The molecule has 272 valence electrons. The standard InChI is InChI=1S/C25H24N4OS.C17H14ClN3OS/c1-14-6-7-18(10-15(14)2)27-24-8-9-25-26-13-20(29(25)28-24)23-11-19-16(3)17(4)21(30-5)12-22(19)31-23;1-9-10(2)13(22-3)7-14-11(9)6-15(23-14)12-8-19-17-5-4-16(18)20-21(12)17/h6-13H,1-5H3,(H,27,28);4-8H,1-3H3. The molecule has 12 heteroatoms. The highest BCUT2D eigenvalue weighted by Gasteiger charge is 2.17. The molecule has 0 aliphatic carbocycles. The van der Waals surface area contributed by atoms with Crippen LogP contribution in [0, 0.1) is 41.5 Å². The predicted molar refractivity (Wildman–Crippen MR) is 224 cm³/mol. The third-order valence-electron chi connectivity index (χ3n) is 10.1. The van der Waals surface area contributed by atoms with Crippen LogP contribution in [0.3, 0.4) is 0 Å². The van der Waals surface area contributed by atoms with E-state index in [1.165, 1.54) is 53.6 Å². The van der Waals surface area contributed by atoms with Crippen molar-refractivity contribution in [1.82, 2.24) is 29.2 Å². The van der Waals surface area contributed by atoms with Crippen LogP contribution in [0.25, 0.3) is 52.6 Å². The van der Waals surface area contributed by atoms with Crippen LogP contribution < -0.4 is 14.8 Å². The summed E-state index contributed by atoms with van der Waals surface area (Å²) in [6.07, 6.45) is 3.73. The lowest BCUT2D eigenvalue weighted by Crippen LogP contribution is -2.00. The minimum atomic E-state index is 0.451. The highest BCUT2D eigenvalue weighted by Crippen LogP contribution is 2.41. The van der Waals surface area contributed by atoms with E-state index in [-0.39, 0.29) is 0 Å². The Hall–Kier alpha value is -5.49. The molecular weight excluding hydrogens is 734 g/mol. The van der Waals surface area contributed by atoms with Gasteiger partial charge in [-0.1, -0.05) is 17.7 Å². The summed E-state index contributed by atoms with van der Waals surface area (Å²) in [7, 11) is 3.43. The summed E-state index contributed by atoms with van der Waals surface area (Å²) in [6, 6.07) is 22.5. The van der Waals surface area contributed by atoms with Crippen molar-refractivity contribution in [2.24, 2.45) is 0 Å². The largest absolute Gasteiger partial charge is 0.496 e. The number of aromatic nitrogens is 6. The molecule has 0 saturated carbocycles. The summed E-state index contributed by atoms with van der Waals surface area (Å²) in [5.41, 5.74) is 11.9. The van der Waals surface area contributed by atoms with Crippen molar-refractivity contribution in [2.45, 2.75) is 41.5 Å². The first kappa shape index (κ1) is 35.5. The van der Waals surface area contributed by atoms with E-state index < -0.39 is 0 Å². The maximum atomic E-state index is 6.03. The molecule has 0 bridgehead atoms. The zero-order valence-electron chi connectivity index (χ0n) is 31.2. The van der Waals surface area contributed by atoms with E-state index in [4.69, 9.17) is 26.2 Å². The molecule has 1 N–H and O–H groups in total. The number of rotatable bonds is 6. The van der Waals surface area contributed by atoms with E-state index in [0.717, 1.165) is 55.4 Å². The third kappa shape index (κ3) is 6.31. The molecule has 6 heterocycles. The molecule has 0 fully saturated rings. The fourth-order valence-electron chi connectivity index (χ4n) is 6.61. The summed E-state index contributed by atoms with van der Waals surface area (Å²) in [5.74, 6) is 2.63. The van der Waals surface area contributed by atoms with Gasteiger partial charge >= 0.3 is 0 Å². The van der Waals surface area contributed by atoms with Crippen molar-refractivity contribution in [2.75, 3.05) is 19.5 Å². The monoisotopic (exact) mass is 771 g/mol. The summed E-state index contributed by atoms with van der Waals surface area (Å²) in [6.45, 7) is 12.7. The minimum Gasteiger partial charge on any atom is -0.496 e. The van der Waals surface area contributed by atoms with Gasteiger partial charge in [0.25, 0.3) is 0 Å². The van der Waals surface area contributed by atoms with Gasteiger partial charge in [0.15, 0.2) is 17.1 Å². The van der Waals surface area contributed by atoms with Crippen molar-refractivity contribution in [3.05, 3.63) is 118 Å². The Morgan fingerprint density at radius 3 is 1.67 bits per heavy atom. The smallest absolute Gasteiger partial charge is 0.154 e. The number of nitrogens with zero attached hydrogens (tertiary/aromatic N) is 6. The van der Waals surface area contributed by atoms with Crippen LogP contribution in [0.2, 0.25) is 5.15 Å². The van der Waals surface area contributed by atoms with Crippen LogP contribution in [0.1, 0.15) is 33.4 Å². The lowest BCUT2D eigenvalue weighted by Gasteiger charge is -2.08. The first-order valence-corrected chi connectivity index (χ1v) is 19.4. The van der Waals surface area contributed by atoms with Gasteiger partial charge in [-0.15, -0.1) is 27.8 Å². The van der Waals surface area contributed by atoms with Gasteiger partial charge in [0.2, 0.25) is 0 Å². The topological polar surface area (TPSA) is 90.9 Å². The summed E-state index contributed by atoms with van der Waals surface area (Å²) < 4.78 is 17.1. The summed E-state index contributed by atoms with van der Waals surface area (Å²) in [4.78, 5) is 11.2. The maximum absolute atomic E-state index is 6.03. The molecule has 0 unspecified atom stereocenters. The quantitative estimate of drug-likeness (QED) is 0.180. The molecule has 9 rings (SSSR count). The van der Waals surface area contributed by atoms with E-state index in [1.807, 2.05) is 35.1 Å². The number of imidazole rings is 2. The van der Waals surface area contributed by atoms with Crippen molar-refractivity contribution in [3.63, 3.8) is 0 Å². The number of halogens is 1. The van der Waals surface area contributed by atoms with Gasteiger partial charge in [0, 0.05) is 15.1 Å². The number of methoxy groups -OCH3 is 2. The minimum absolute atomic E-state index is 0.451. The molecule has 6 aromatic heterocycles. The van der Waals surface area contributed by atoms with Gasteiger partial charge in [-0.05, 0) is 146 Å². The Morgan fingerprint density at radius 1 is 0.593 bits per heavy atom. The second kappa shape index (κ2) is 14.1. The number of nitrogens with one attached hydrogen (secondary N) is 1. The van der Waals surface area contributed by atoms with Gasteiger partial charge < -0.3 is 14.8 Å². The van der Waals surface area contributed by atoms with Crippen molar-refractivity contribution in [1.29, 1.82) is 0 Å². The molecule has 3 aromatic carbocycles. The number of hydrogen-bond donors (Lipinski definition) is 1. The van der Waals surface area contributed by atoms with E-state index in [9.17, 15) is 0 Å². The van der Waals surface area contributed by atoms with Crippen LogP contribution in [-0.4, -0.2) is 43.4 Å². The third-order valence-corrected chi connectivity index (χ3v) is 12.5. The molecule has 0 aliphatic heterocycles. The highest BCUT2D eigenvalue weighted by molar-refractivity contribution is 7.22. The number of benzene rings is 3. The zero-order chi connectivity index (χ0) is 37.8.